The number of hydrogen-bond acceptors (Lipinski definition) is 4. The van der Waals surface area contributed by atoms with Crippen molar-refractivity contribution in [1.29, 1.82) is 0 Å². The van der Waals surface area contributed by atoms with Gasteiger partial charge in [-0.3, -0.25) is 9.67 Å². The van der Waals surface area contributed by atoms with E-state index in [-0.39, 0.29) is 11.5 Å². The molecule has 1 saturated carbocycles. The number of piperidine rings is 1. The predicted molar refractivity (Wildman–Crippen MR) is 145 cm³/mol. The molecule has 1 aliphatic heterocycles. The molecule has 2 heterocycles. The third-order valence-electron chi connectivity index (χ3n) is 7.38. The largest absolute Gasteiger partial charge is 0.390 e. The van der Waals surface area contributed by atoms with Gasteiger partial charge in [0.25, 0.3) is 0 Å². The lowest BCUT2D eigenvalue weighted by Gasteiger charge is -2.32. The van der Waals surface area contributed by atoms with E-state index in [0.717, 1.165) is 54.1 Å². The Labute approximate surface area is 220 Å². The summed E-state index contributed by atoms with van der Waals surface area (Å²) in [5.41, 5.74) is 10.2. The first-order valence-electron chi connectivity index (χ1n) is 12.8. The van der Waals surface area contributed by atoms with Crippen molar-refractivity contribution in [3.05, 3.63) is 75.6 Å². The van der Waals surface area contributed by atoms with Crippen molar-refractivity contribution < 1.29 is 8.78 Å². The van der Waals surface area contributed by atoms with E-state index in [1.165, 1.54) is 37.4 Å². The second-order valence-electron chi connectivity index (χ2n) is 9.83. The highest BCUT2D eigenvalue weighted by Gasteiger charge is 2.27. The van der Waals surface area contributed by atoms with E-state index in [2.05, 4.69) is 20.0 Å². The molecule has 1 aliphatic carbocycles. The van der Waals surface area contributed by atoms with Gasteiger partial charge in [-0.15, -0.1) is 0 Å². The number of benzene rings is 2. The van der Waals surface area contributed by atoms with Crippen molar-refractivity contribution in [2.75, 3.05) is 19.6 Å². The molecule has 2 fully saturated rings. The van der Waals surface area contributed by atoms with Crippen molar-refractivity contribution in [1.82, 2.24) is 14.7 Å². The van der Waals surface area contributed by atoms with Crippen molar-refractivity contribution in [3.63, 3.8) is 0 Å². The average Bonchev–Trinajstić information content (AvgIpc) is 3.66. The van der Waals surface area contributed by atoms with Crippen LogP contribution < -0.4 is 5.73 Å². The maximum atomic E-state index is 14.0. The number of nitrogens with two attached hydrogens (primary N) is 1. The Hall–Kier alpha value is -3.10. The zero-order valence-corrected chi connectivity index (χ0v) is 21.6. The van der Waals surface area contributed by atoms with E-state index >= 15 is 0 Å². The molecule has 0 radical (unpaired) electrons. The Kier molecular flexibility index (Phi) is 7.67. The molecule has 3 aromatic rings. The van der Waals surface area contributed by atoms with E-state index in [1.807, 2.05) is 23.7 Å². The lowest BCUT2D eigenvalue weighted by Crippen LogP contribution is -2.34. The van der Waals surface area contributed by atoms with Crippen LogP contribution in [0.15, 0.2) is 46.5 Å². The molecule has 2 aromatic carbocycles. The molecule has 9 heteroatoms. The Morgan fingerprint density at radius 2 is 1.81 bits per heavy atom. The molecule has 6 nitrogen and oxygen atoms in total. The molecule has 2 N–H and O–H groups in total. The van der Waals surface area contributed by atoms with Crippen LogP contribution in [0.3, 0.4) is 0 Å². The topological polar surface area (TPSA) is 71.8 Å². The molecule has 0 spiro atoms. The Bertz CT molecular complexity index is 1300. The lowest BCUT2D eigenvalue weighted by molar-refractivity contribution is 0.213. The van der Waals surface area contributed by atoms with E-state index in [4.69, 9.17) is 17.3 Å². The zero-order valence-electron chi connectivity index (χ0n) is 20.9. The minimum atomic E-state index is -0.481. The number of likely N-dealkylation sites (tertiary alicyclic amines) is 1. The van der Waals surface area contributed by atoms with Gasteiger partial charge in [0.2, 0.25) is 0 Å². The molecule has 37 heavy (non-hydrogen) atoms. The number of aromatic nitrogens is 2. The van der Waals surface area contributed by atoms with Gasteiger partial charge >= 0.3 is 0 Å². The minimum absolute atomic E-state index is 0.157. The highest BCUT2D eigenvalue weighted by Crippen LogP contribution is 2.38. The van der Waals surface area contributed by atoms with E-state index < -0.39 is 11.6 Å². The average molecular weight is 525 g/mol. The number of rotatable bonds is 8. The summed E-state index contributed by atoms with van der Waals surface area (Å²) in [4.78, 5) is 11.3. The highest BCUT2D eigenvalue weighted by molar-refractivity contribution is 6.32. The first-order chi connectivity index (χ1) is 17.9. The predicted octanol–water partition coefficient (Wildman–Crippen LogP) is 6.25. The van der Waals surface area contributed by atoms with Crippen LogP contribution in [-0.4, -0.2) is 46.9 Å². The van der Waals surface area contributed by atoms with E-state index in [9.17, 15) is 8.78 Å². The Morgan fingerprint density at radius 1 is 1.08 bits per heavy atom. The molecule has 0 atom stereocenters. The van der Waals surface area contributed by atoms with Gasteiger partial charge in [0.15, 0.2) is 0 Å². The number of hydrogen-bond donors (Lipinski definition) is 1. The third kappa shape index (κ3) is 5.75. The van der Waals surface area contributed by atoms with Crippen LogP contribution in [0.1, 0.15) is 60.0 Å². The van der Waals surface area contributed by atoms with Gasteiger partial charge in [-0.2, -0.15) is 5.10 Å². The van der Waals surface area contributed by atoms with Gasteiger partial charge < -0.3 is 10.6 Å². The maximum absolute atomic E-state index is 14.0. The van der Waals surface area contributed by atoms with Crippen LogP contribution in [0.2, 0.25) is 5.02 Å². The van der Waals surface area contributed by atoms with Gasteiger partial charge in [-0.05, 0) is 87.9 Å². The lowest BCUT2D eigenvalue weighted by atomic mass is 9.88. The van der Waals surface area contributed by atoms with Gasteiger partial charge in [0.05, 0.1) is 30.0 Å². The van der Waals surface area contributed by atoms with Crippen LogP contribution in [0.5, 0.6) is 0 Å². The molecule has 5 rings (SSSR count). The normalized spacial score (nSPS) is 17.4. The molecule has 0 bridgehead atoms. The molecule has 2 aliphatic rings. The third-order valence-corrected chi connectivity index (χ3v) is 7.71. The fourth-order valence-electron chi connectivity index (χ4n) is 5.08. The summed E-state index contributed by atoms with van der Waals surface area (Å²) >= 11 is 6.76. The van der Waals surface area contributed by atoms with Crippen molar-refractivity contribution in [2.24, 2.45) is 15.7 Å². The SMILES string of the molecule is Cc1c(N=Cc2cc(Cl)c(C3CCN(CCc4c(F)cccc4F)CC3)cc2N=CN)cnn1C1CC1. The van der Waals surface area contributed by atoms with Gasteiger partial charge in [0, 0.05) is 28.9 Å². The van der Waals surface area contributed by atoms with E-state index in [1.54, 1.807) is 12.4 Å². The summed E-state index contributed by atoms with van der Waals surface area (Å²) in [7, 11) is 0. The molecule has 194 valence electrons. The summed E-state index contributed by atoms with van der Waals surface area (Å²) in [6.45, 7) is 4.32. The molecular weight excluding hydrogens is 494 g/mol. The number of halogens is 3. The molecule has 0 unspecified atom stereocenters. The number of nitrogens with zero attached hydrogens (tertiary/aromatic N) is 5. The fourth-order valence-corrected chi connectivity index (χ4v) is 5.40. The zero-order chi connectivity index (χ0) is 25.9. The molecule has 1 aromatic heterocycles. The van der Waals surface area contributed by atoms with Gasteiger partial charge in [-0.25, -0.2) is 13.8 Å². The van der Waals surface area contributed by atoms with Gasteiger partial charge in [0.1, 0.15) is 17.3 Å². The Balaban J connectivity index is 1.26. The molecular formula is C28H31ClF2N6. The quantitative estimate of drug-likeness (QED) is 0.279. The molecule has 0 amide bonds. The first kappa shape index (κ1) is 25.5. The summed E-state index contributed by atoms with van der Waals surface area (Å²) in [5, 5.41) is 5.15. The second kappa shape index (κ2) is 11.1. The van der Waals surface area contributed by atoms with Crippen molar-refractivity contribution in [2.45, 2.75) is 51.0 Å². The molecule has 1 saturated heterocycles. The smallest absolute Gasteiger partial charge is 0.129 e. The monoisotopic (exact) mass is 524 g/mol. The van der Waals surface area contributed by atoms with Crippen LogP contribution in [0.25, 0.3) is 0 Å². The maximum Gasteiger partial charge on any atom is 0.129 e. The standard InChI is InChI=1S/C28H31ClF2N6/c1-18-28(16-35-37(18)21-5-6-21)33-15-20-13-24(29)23(14-27(20)34-17-32)19-7-10-36(11-8-19)12-9-22-25(30)3-2-4-26(22)31/h2-4,13-17,19,21H,5-12H2,1H3,(H2,32,34). The first-order valence-corrected chi connectivity index (χ1v) is 13.1. The second-order valence-corrected chi connectivity index (χ2v) is 10.2. The summed E-state index contributed by atoms with van der Waals surface area (Å²) < 4.78 is 30.0. The summed E-state index contributed by atoms with van der Waals surface area (Å²) in [5.74, 6) is -0.693. The highest BCUT2D eigenvalue weighted by atomic mass is 35.5. The fraction of sp³-hybridized carbons (Fsp3) is 0.393. The van der Waals surface area contributed by atoms with Crippen LogP contribution >= 0.6 is 11.6 Å². The van der Waals surface area contributed by atoms with Crippen LogP contribution in [-0.2, 0) is 6.42 Å². The van der Waals surface area contributed by atoms with E-state index in [0.29, 0.717) is 24.0 Å². The summed E-state index contributed by atoms with van der Waals surface area (Å²) in [6, 6.07) is 8.42. The van der Waals surface area contributed by atoms with Gasteiger partial charge in [-0.1, -0.05) is 17.7 Å². The minimum Gasteiger partial charge on any atom is -0.390 e. The van der Waals surface area contributed by atoms with Crippen molar-refractivity contribution in [3.8, 4) is 0 Å². The number of aliphatic imine (C=N–C) groups is 2. The van der Waals surface area contributed by atoms with Crippen molar-refractivity contribution >= 4 is 35.5 Å². The summed E-state index contributed by atoms with van der Waals surface area (Å²) in [6.07, 6.45) is 9.33. The Morgan fingerprint density at radius 3 is 2.49 bits per heavy atom. The van der Waals surface area contributed by atoms with Crippen LogP contribution in [0.4, 0.5) is 20.2 Å². The van der Waals surface area contributed by atoms with Crippen LogP contribution in [0, 0.1) is 18.6 Å².